The number of benzene rings is 1. The fourth-order valence-electron chi connectivity index (χ4n) is 2.52. The first-order valence-electron chi connectivity index (χ1n) is 6.11. The maximum Gasteiger partial charge on any atom is 0.192 e. The van der Waals surface area contributed by atoms with Gasteiger partial charge in [0.25, 0.3) is 0 Å². The summed E-state index contributed by atoms with van der Waals surface area (Å²) >= 11 is 0. The maximum absolute atomic E-state index is 6.02. The van der Waals surface area contributed by atoms with Crippen molar-refractivity contribution in [3.8, 4) is 0 Å². The largest absolute Gasteiger partial charge is 0.439 e. The molecule has 0 bridgehead atoms. The minimum Gasteiger partial charge on any atom is -0.439 e. The van der Waals surface area contributed by atoms with Crippen LogP contribution in [0.1, 0.15) is 18.7 Å². The van der Waals surface area contributed by atoms with E-state index >= 15 is 0 Å². The molecule has 0 spiro atoms. The normalized spacial score (nSPS) is 21.1. The summed E-state index contributed by atoms with van der Waals surface area (Å²) in [6.45, 7) is 3.83. The summed E-state index contributed by atoms with van der Waals surface area (Å²) < 4.78 is 5.69. The zero-order valence-electron chi connectivity index (χ0n) is 10.0. The van der Waals surface area contributed by atoms with Crippen molar-refractivity contribution in [1.29, 1.82) is 0 Å². The lowest BCUT2D eigenvalue weighted by Crippen LogP contribution is -2.42. The molecule has 0 amide bonds. The Kier molecular flexibility index (Phi) is 2.52. The van der Waals surface area contributed by atoms with E-state index in [-0.39, 0.29) is 6.04 Å². The van der Waals surface area contributed by atoms with Crippen molar-refractivity contribution < 1.29 is 4.42 Å². The molecule has 0 aliphatic carbocycles. The number of anilines is 1. The Hall–Kier alpha value is -1.55. The summed E-state index contributed by atoms with van der Waals surface area (Å²) in [5.41, 5.74) is 8.97. The van der Waals surface area contributed by atoms with Crippen molar-refractivity contribution in [3.05, 3.63) is 24.1 Å². The Labute approximate surface area is 100 Å². The van der Waals surface area contributed by atoms with Gasteiger partial charge in [0.2, 0.25) is 0 Å². The van der Waals surface area contributed by atoms with Gasteiger partial charge in [-0.2, -0.15) is 0 Å². The van der Waals surface area contributed by atoms with Gasteiger partial charge in [-0.05, 0) is 25.0 Å². The average molecular weight is 231 g/mol. The minimum absolute atomic E-state index is 0.267. The number of oxazole rings is 1. The fraction of sp³-hybridized carbons (Fsp3) is 0.462. The second-order valence-corrected chi connectivity index (χ2v) is 4.71. The van der Waals surface area contributed by atoms with E-state index in [1.807, 2.05) is 19.1 Å². The van der Waals surface area contributed by atoms with Crippen molar-refractivity contribution in [3.63, 3.8) is 0 Å². The highest BCUT2D eigenvalue weighted by Gasteiger charge is 2.20. The van der Waals surface area contributed by atoms with Crippen LogP contribution >= 0.6 is 0 Å². The Morgan fingerprint density at radius 1 is 1.47 bits per heavy atom. The Balaban J connectivity index is 2.04. The lowest BCUT2D eigenvalue weighted by molar-refractivity contribution is 0.502. The van der Waals surface area contributed by atoms with Gasteiger partial charge >= 0.3 is 0 Å². The molecule has 1 aliphatic rings. The Morgan fingerprint density at radius 2 is 2.35 bits per heavy atom. The van der Waals surface area contributed by atoms with Gasteiger partial charge in [0, 0.05) is 26.1 Å². The van der Waals surface area contributed by atoms with E-state index in [0.29, 0.717) is 5.89 Å². The molecule has 1 aromatic heterocycles. The molecule has 4 heteroatoms. The molecule has 90 valence electrons. The first-order chi connectivity index (χ1) is 8.24. The number of para-hydroxylation sites is 1. The molecule has 17 heavy (non-hydrogen) atoms. The molecule has 0 radical (unpaired) electrons. The molecule has 2 heterocycles. The third-order valence-electron chi connectivity index (χ3n) is 3.30. The van der Waals surface area contributed by atoms with E-state index in [0.717, 1.165) is 42.7 Å². The molecule has 1 aliphatic heterocycles. The van der Waals surface area contributed by atoms with Crippen molar-refractivity contribution in [2.75, 3.05) is 18.0 Å². The summed E-state index contributed by atoms with van der Waals surface area (Å²) in [6.07, 6.45) is 2.26. The number of rotatable bonds is 1. The van der Waals surface area contributed by atoms with Gasteiger partial charge in [0.1, 0.15) is 5.52 Å². The van der Waals surface area contributed by atoms with Crippen LogP contribution < -0.4 is 10.6 Å². The predicted octanol–water partition coefficient (Wildman–Crippen LogP) is 2.06. The van der Waals surface area contributed by atoms with E-state index in [1.54, 1.807) is 0 Å². The van der Waals surface area contributed by atoms with Gasteiger partial charge in [-0.3, -0.25) is 0 Å². The molecule has 0 saturated carbocycles. The molecule has 1 aromatic carbocycles. The molecule has 2 N–H and O–H groups in total. The SMILES string of the molecule is Cc1nc2cccc(N3CCCC(N)C3)c2o1. The maximum atomic E-state index is 6.02. The molecule has 2 aromatic rings. The summed E-state index contributed by atoms with van der Waals surface area (Å²) in [5, 5.41) is 0. The first kappa shape index (κ1) is 10.6. The second kappa shape index (κ2) is 4.04. The Morgan fingerprint density at radius 3 is 3.18 bits per heavy atom. The lowest BCUT2D eigenvalue weighted by Gasteiger charge is -2.32. The molecular weight excluding hydrogens is 214 g/mol. The molecule has 4 nitrogen and oxygen atoms in total. The first-order valence-corrected chi connectivity index (χ1v) is 6.11. The lowest BCUT2D eigenvalue weighted by atomic mass is 10.1. The van der Waals surface area contributed by atoms with Crippen LogP contribution in [0.3, 0.4) is 0 Å². The van der Waals surface area contributed by atoms with Crippen LogP contribution in [0.2, 0.25) is 0 Å². The number of piperidine rings is 1. The third kappa shape index (κ3) is 1.89. The number of hydrogen-bond donors (Lipinski definition) is 1. The monoisotopic (exact) mass is 231 g/mol. The number of aromatic nitrogens is 1. The van der Waals surface area contributed by atoms with Crippen LogP contribution in [0, 0.1) is 6.92 Å². The van der Waals surface area contributed by atoms with E-state index in [4.69, 9.17) is 10.2 Å². The summed E-state index contributed by atoms with van der Waals surface area (Å²) in [5.74, 6) is 0.716. The van der Waals surface area contributed by atoms with Crippen molar-refractivity contribution in [2.45, 2.75) is 25.8 Å². The van der Waals surface area contributed by atoms with Crippen LogP contribution in [0.5, 0.6) is 0 Å². The highest BCUT2D eigenvalue weighted by Crippen LogP contribution is 2.29. The topological polar surface area (TPSA) is 55.3 Å². The van der Waals surface area contributed by atoms with Gasteiger partial charge in [-0.1, -0.05) is 6.07 Å². The van der Waals surface area contributed by atoms with Gasteiger partial charge < -0.3 is 15.1 Å². The summed E-state index contributed by atoms with van der Waals surface area (Å²) in [6, 6.07) is 6.37. The van der Waals surface area contributed by atoms with E-state index < -0.39 is 0 Å². The van der Waals surface area contributed by atoms with Gasteiger partial charge in [-0.15, -0.1) is 0 Å². The van der Waals surface area contributed by atoms with Crippen LogP contribution in [0.4, 0.5) is 5.69 Å². The standard InChI is InChI=1S/C13H17N3O/c1-9-15-11-5-2-6-12(13(11)17-9)16-7-3-4-10(14)8-16/h2,5-6,10H,3-4,7-8,14H2,1H3. The quantitative estimate of drug-likeness (QED) is 0.816. The third-order valence-corrected chi connectivity index (χ3v) is 3.30. The van der Waals surface area contributed by atoms with Crippen LogP contribution in [0.15, 0.2) is 22.6 Å². The van der Waals surface area contributed by atoms with Crippen LogP contribution in [-0.2, 0) is 0 Å². The van der Waals surface area contributed by atoms with Gasteiger partial charge in [-0.25, -0.2) is 4.98 Å². The van der Waals surface area contributed by atoms with Crippen LogP contribution in [-0.4, -0.2) is 24.1 Å². The number of aryl methyl sites for hydroxylation is 1. The number of nitrogens with zero attached hydrogens (tertiary/aromatic N) is 2. The zero-order valence-corrected chi connectivity index (χ0v) is 10.0. The average Bonchev–Trinajstić information content (AvgIpc) is 2.68. The molecule has 1 atom stereocenters. The highest BCUT2D eigenvalue weighted by molar-refractivity contribution is 5.86. The van der Waals surface area contributed by atoms with Crippen molar-refractivity contribution in [1.82, 2.24) is 4.98 Å². The number of nitrogens with two attached hydrogens (primary N) is 1. The zero-order chi connectivity index (χ0) is 11.8. The molecule has 1 unspecified atom stereocenters. The van der Waals surface area contributed by atoms with Gasteiger partial charge in [0.15, 0.2) is 11.5 Å². The number of hydrogen-bond acceptors (Lipinski definition) is 4. The van der Waals surface area contributed by atoms with Crippen molar-refractivity contribution in [2.24, 2.45) is 5.73 Å². The van der Waals surface area contributed by atoms with Gasteiger partial charge in [0.05, 0.1) is 5.69 Å². The van der Waals surface area contributed by atoms with E-state index in [9.17, 15) is 0 Å². The predicted molar refractivity (Wildman–Crippen MR) is 68.2 cm³/mol. The second-order valence-electron chi connectivity index (χ2n) is 4.71. The fourth-order valence-corrected chi connectivity index (χ4v) is 2.52. The molecule has 1 fully saturated rings. The molecule has 1 saturated heterocycles. The molecule has 3 rings (SSSR count). The number of fused-ring (bicyclic) bond motifs is 1. The van der Waals surface area contributed by atoms with E-state index in [2.05, 4.69) is 16.0 Å². The molecular formula is C13H17N3O. The van der Waals surface area contributed by atoms with E-state index in [1.165, 1.54) is 0 Å². The van der Waals surface area contributed by atoms with Crippen molar-refractivity contribution >= 4 is 16.8 Å². The summed E-state index contributed by atoms with van der Waals surface area (Å²) in [4.78, 5) is 6.67. The Bertz CT molecular complexity index is 534. The minimum atomic E-state index is 0.267. The highest BCUT2D eigenvalue weighted by atomic mass is 16.3. The summed E-state index contributed by atoms with van der Waals surface area (Å²) in [7, 11) is 0. The smallest absolute Gasteiger partial charge is 0.192 e. The van der Waals surface area contributed by atoms with Crippen LogP contribution in [0.25, 0.3) is 11.1 Å².